The second-order valence-electron chi connectivity index (χ2n) is 4.92. The molecule has 94 valence electrons. The minimum Gasteiger partial charge on any atom is -0.369 e. The molecular weight excluding hydrogens is 215 g/mol. The summed E-state index contributed by atoms with van der Waals surface area (Å²) < 4.78 is 14.0. The number of rotatable bonds is 4. The Balaban J connectivity index is 2.18. The number of anilines is 1. The van der Waals surface area contributed by atoms with Crippen molar-refractivity contribution in [1.29, 1.82) is 0 Å². The van der Waals surface area contributed by atoms with Crippen LogP contribution in [0.15, 0.2) is 18.2 Å². The number of nitrogens with one attached hydrogen (secondary N) is 1. The Kier molecular flexibility index (Phi) is 3.67. The van der Waals surface area contributed by atoms with E-state index in [1.54, 1.807) is 6.07 Å². The molecule has 1 saturated carbocycles. The zero-order valence-corrected chi connectivity index (χ0v) is 10.8. The summed E-state index contributed by atoms with van der Waals surface area (Å²) in [5, 5.41) is 3.12. The Bertz CT molecular complexity index is 388. The highest BCUT2D eigenvalue weighted by Gasteiger charge is 2.24. The lowest BCUT2D eigenvalue weighted by Gasteiger charge is -2.36. The van der Waals surface area contributed by atoms with Crippen LogP contribution in [0.1, 0.15) is 37.8 Å². The molecule has 2 rings (SSSR count). The molecule has 1 fully saturated rings. The molecule has 1 aromatic rings. The van der Waals surface area contributed by atoms with Crippen molar-refractivity contribution in [3.8, 4) is 0 Å². The predicted octanol–water partition coefficient (Wildman–Crippen LogP) is 3.09. The number of benzene rings is 1. The predicted molar refractivity (Wildman–Crippen MR) is 69.9 cm³/mol. The third-order valence-corrected chi connectivity index (χ3v) is 3.91. The van der Waals surface area contributed by atoms with Crippen LogP contribution in [0.5, 0.6) is 0 Å². The zero-order chi connectivity index (χ0) is 12.4. The summed E-state index contributed by atoms with van der Waals surface area (Å²) in [7, 11) is 3.88. The normalized spacial score (nSPS) is 17.6. The maximum Gasteiger partial charge on any atom is 0.146 e. The van der Waals surface area contributed by atoms with Gasteiger partial charge in [0.25, 0.3) is 0 Å². The van der Waals surface area contributed by atoms with Crippen LogP contribution in [-0.4, -0.2) is 20.1 Å². The summed E-state index contributed by atoms with van der Waals surface area (Å²) in [5.74, 6) is -0.112. The quantitative estimate of drug-likeness (QED) is 0.864. The van der Waals surface area contributed by atoms with Gasteiger partial charge in [-0.25, -0.2) is 4.39 Å². The molecule has 1 aliphatic rings. The first-order chi connectivity index (χ1) is 8.13. The third-order valence-electron chi connectivity index (χ3n) is 3.91. The molecule has 1 unspecified atom stereocenters. The maximum atomic E-state index is 14.0. The molecular formula is C14H21FN2. The van der Waals surface area contributed by atoms with Gasteiger partial charge in [-0.05, 0) is 50.9 Å². The number of nitrogens with zero attached hydrogens (tertiary/aromatic N) is 1. The Morgan fingerprint density at radius 1 is 1.41 bits per heavy atom. The number of halogens is 1. The van der Waals surface area contributed by atoms with E-state index in [0.717, 1.165) is 11.3 Å². The molecule has 2 nitrogen and oxygen atoms in total. The number of hydrogen-bond acceptors (Lipinski definition) is 2. The van der Waals surface area contributed by atoms with E-state index in [9.17, 15) is 4.39 Å². The summed E-state index contributed by atoms with van der Waals surface area (Å²) in [5.41, 5.74) is 1.72. The van der Waals surface area contributed by atoms with E-state index in [0.29, 0.717) is 6.04 Å². The van der Waals surface area contributed by atoms with E-state index in [1.165, 1.54) is 19.3 Å². The fraction of sp³-hybridized carbons (Fsp3) is 0.571. The van der Waals surface area contributed by atoms with Gasteiger partial charge in [-0.3, -0.25) is 0 Å². The van der Waals surface area contributed by atoms with Gasteiger partial charge in [0, 0.05) is 19.1 Å². The van der Waals surface area contributed by atoms with Gasteiger partial charge in [0.15, 0.2) is 0 Å². The molecule has 3 heteroatoms. The average Bonchev–Trinajstić information content (AvgIpc) is 2.25. The van der Waals surface area contributed by atoms with Crippen molar-refractivity contribution in [2.24, 2.45) is 0 Å². The molecule has 1 N–H and O–H groups in total. The zero-order valence-electron chi connectivity index (χ0n) is 10.8. The SMILES string of the molecule is CNC(C)c1ccc(N(C)C2CCC2)c(F)c1. The van der Waals surface area contributed by atoms with Crippen LogP contribution < -0.4 is 10.2 Å². The summed E-state index contributed by atoms with van der Waals surface area (Å²) in [6.07, 6.45) is 3.64. The highest BCUT2D eigenvalue weighted by atomic mass is 19.1. The van der Waals surface area contributed by atoms with Gasteiger partial charge in [-0.2, -0.15) is 0 Å². The van der Waals surface area contributed by atoms with Crippen LogP contribution in [0.25, 0.3) is 0 Å². The van der Waals surface area contributed by atoms with Crippen LogP contribution >= 0.6 is 0 Å². The van der Waals surface area contributed by atoms with Gasteiger partial charge < -0.3 is 10.2 Å². The maximum absolute atomic E-state index is 14.0. The van der Waals surface area contributed by atoms with Crippen LogP contribution in [0, 0.1) is 5.82 Å². The summed E-state index contributed by atoms with van der Waals surface area (Å²) in [6.45, 7) is 2.03. The second-order valence-corrected chi connectivity index (χ2v) is 4.92. The Morgan fingerprint density at radius 3 is 2.59 bits per heavy atom. The molecule has 0 amide bonds. The first-order valence-corrected chi connectivity index (χ1v) is 6.33. The van der Waals surface area contributed by atoms with E-state index in [2.05, 4.69) is 10.2 Å². The van der Waals surface area contributed by atoms with Crippen LogP contribution in [0.3, 0.4) is 0 Å². The first kappa shape index (κ1) is 12.4. The van der Waals surface area contributed by atoms with Crippen molar-refractivity contribution in [2.75, 3.05) is 19.0 Å². The van der Waals surface area contributed by atoms with Crippen LogP contribution in [0.4, 0.5) is 10.1 Å². The van der Waals surface area contributed by atoms with E-state index < -0.39 is 0 Å². The summed E-state index contributed by atoms with van der Waals surface area (Å²) in [6, 6.07) is 6.27. The van der Waals surface area contributed by atoms with E-state index in [4.69, 9.17) is 0 Å². The highest BCUT2D eigenvalue weighted by Crippen LogP contribution is 2.30. The van der Waals surface area contributed by atoms with Gasteiger partial charge in [-0.15, -0.1) is 0 Å². The Labute approximate surface area is 103 Å². The van der Waals surface area contributed by atoms with E-state index >= 15 is 0 Å². The van der Waals surface area contributed by atoms with Crippen molar-refractivity contribution in [3.63, 3.8) is 0 Å². The average molecular weight is 236 g/mol. The van der Waals surface area contributed by atoms with Crippen molar-refractivity contribution < 1.29 is 4.39 Å². The molecule has 0 aromatic heterocycles. The topological polar surface area (TPSA) is 15.3 Å². The van der Waals surface area contributed by atoms with Crippen molar-refractivity contribution in [2.45, 2.75) is 38.3 Å². The molecule has 1 aliphatic carbocycles. The molecule has 1 aromatic carbocycles. The fourth-order valence-corrected chi connectivity index (χ4v) is 2.22. The van der Waals surface area contributed by atoms with Gasteiger partial charge in [0.2, 0.25) is 0 Å². The highest BCUT2D eigenvalue weighted by molar-refractivity contribution is 5.50. The molecule has 0 spiro atoms. The van der Waals surface area contributed by atoms with Gasteiger partial charge in [0.05, 0.1) is 5.69 Å². The van der Waals surface area contributed by atoms with Crippen LogP contribution in [0.2, 0.25) is 0 Å². The molecule has 17 heavy (non-hydrogen) atoms. The monoisotopic (exact) mass is 236 g/mol. The minimum atomic E-state index is -0.112. The fourth-order valence-electron chi connectivity index (χ4n) is 2.22. The smallest absolute Gasteiger partial charge is 0.146 e. The van der Waals surface area contributed by atoms with Gasteiger partial charge >= 0.3 is 0 Å². The molecule has 0 aliphatic heterocycles. The molecule has 0 radical (unpaired) electrons. The second kappa shape index (κ2) is 5.05. The first-order valence-electron chi connectivity index (χ1n) is 6.33. The van der Waals surface area contributed by atoms with Crippen molar-refractivity contribution in [3.05, 3.63) is 29.6 Å². The van der Waals surface area contributed by atoms with Crippen LogP contribution in [-0.2, 0) is 0 Å². The summed E-state index contributed by atoms with van der Waals surface area (Å²) in [4.78, 5) is 2.08. The largest absolute Gasteiger partial charge is 0.369 e. The summed E-state index contributed by atoms with van der Waals surface area (Å²) >= 11 is 0. The molecule has 0 heterocycles. The van der Waals surface area contributed by atoms with Gasteiger partial charge in [-0.1, -0.05) is 6.07 Å². The lowest BCUT2D eigenvalue weighted by Crippen LogP contribution is -2.37. The lowest BCUT2D eigenvalue weighted by molar-refractivity contribution is 0.397. The van der Waals surface area contributed by atoms with E-state index in [1.807, 2.05) is 33.2 Å². The van der Waals surface area contributed by atoms with Crippen molar-refractivity contribution in [1.82, 2.24) is 5.32 Å². The Hall–Kier alpha value is -1.09. The molecule has 0 saturated heterocycles. The van der Waals surface area contributed by atoms with Gasteiger partial charge in [0.1, 0.15) is 5.82 Å². The number of hydrogen-bond donors (Lipinski definition) is 1. The third kappa shape index (κ3) is 2.44. The molecule has 0 bridgehead atoms. The molecule has 1 atom stereocenters. The minimum absolute atomic E-state index is 0.112. The standard InChI is InChI=1S/C14H21FN2/c1-10(16-2)11-7-8-14(13(15)9-11)17(3)12-5-4-6-12/h7-10,12,16H,4-6H2,1-3H3. The Morgan fingerprint density at radius 2 is 2.12 bits per heavy atom. The van der Waals surface area contributed by atoms with Crippen molar-refractivity contribution >= 4 is 5.69 Å². The lowest BCUT2D eigenvalue weighted by atomic mass is 9.91. The van der Waals surface area contributed by atoms with E-state index in [-0.39, 0.29) is 11.9 Å².